The van der Waals surface area contributed by atoms with Crippen molar-refractivity contribution in [3.8, 4) is 0 Å². The van der Waals surface area contributed by atoms with Gasteiger partial charge in [0.2, 0.25) is 0 Å². The predicted molar refractivity (Wildman–Crippen MR) is 90.1 cm³/mol. The molecule has 1 N–H and O–H groups in total. The Morgan fingerprint density at radius 3 is 2.41 bits per heavy atom. The normalized spacial score (nSPS) is 12.5. The first-order chi connectivity index (χ1) is 10.3. The molecule has 0 saturated heterocycles. The van der Waals surface area contributed by atoms with E-state index in [0.29, 0.717) is 18.9 Å². The molecule has 1 heterocycles. The molecular formula is C16H27N3O2S. The summed E-state index contributed by atoms with van der Waals surface area (Å²) in [4.78, 5) is 30.3. The number of hydrogen-bond donors (Lipinski definition) is 1. The quantitative estimate of drug-likeness (QED) is 0.835. The molecule has 1 aromatic rings. The van der Waals surface area contributed by atoms with E-state index >= 15 is 0 Å². The van der Waals surface area contributed by atoms with Crippen molar-refractivity contribution in [2.75, 3.05) is 7.05 Å². The zero-order valence-electron chi connectivity index (χ0n) is 14.3. The SMILES string of the molecule is CCC(=O)C(NC(=O)N(C)Cc1csc(C(C)C)n1)C(C)C. The van der Waals surface area contributed by atoms with Gasteiger partial charge in [0.1, 0.15) is 0 Å². The van der Waals surface area contributed by atoms with Crippen molar-refractivity contribution in [3.63, 3.8) is 0 Å². The summed E-state index contributed by atoms with van der Waals surface area (Å²) in [5, 5.41) is 5.89. The van der Waals surface area contributed by atoms with E-state index < -0.39 is 6.04 Å². The largest absolute Gasteiger partial charge is 0.328 e. The summed E-state index contributed by atoms with van der Waals surface area (Å²) in [6.45, 7) is 10.3. The molecular weight excluding hydrogens is 298 g/mol. The summed E-state index contributed by atoms with van der Waals surface area (Å²) in [6.07, 6.45) is 0.427. The molecule has 2 amide bonds. The van der Waals surface area contributed by atoms with E-state index in [0.717, 1.165) is 10.7 Å². The number of hydrogen-bond acceptors (Lipinski definition) is 4. The lowest BCUT2D eigenvalue weighted by Crippen LogP contribution is -2.48. The third kappa shape index (κ3) is 5.09. The second-order valence-electron chi connectivity index (χ2n) is 6.18. The zero-order chi connectivity index (χ0) is 16.9. The molecule has 0 aliphatic carbocycles. The fraction of sp³-hybridized carbons (Fsp3) is 0.688. The van der Waals surface area contributed by atoms with Crippen molar-refractivity contribution in [1.29, 1.82) is 0 Å². The molecule has 1 aromatic heterocycles. The van der Waals surface area contributed by atoms with Gasteiger partial charge in [-0.15, -0.1) is 11.3 Å². The van der Waals surface area contributed by atoms with E-state index in [-0.39, 0.29) is 17.7 Å². The molecule has 6 heteroatoms. The molecule has 22 heavy (non-hydrogen) atoms. The standard InChI is InChI=1S/C16H27N3O2S/c1-7-13(20)14(10(2)3)18-16(21)19(6)8-12-9-22-15(17-12)11(4)5/h9-11,14H,7-8H2,1-6H3,(H,18,21). The van der Waals surface area contributed by atoms with Crippen LogP contribution in [-0.4, -0.2) is 34.8 Å². The van der Waals surface area contributed by atoms with Crippen LogP contribution < -0.4 is 5.32 Å². The molecule has 1 rings (SSSR count). The van der Waals surface area contributed by atoms with E-state index in [1.807, 2.05) is 26.2 Å². The van der Waals surface area contributed by atoms with Crippen LogP contribution in [-0.2, 0) is 11.3 Å². The number of ketones is 1. The van der Waals surface area contributed by atoms with Gasteiger partial charge < -0.3 is 10.2 Å². The molecule has 124 valence electrons. The molecule has 0 spiro atoms. The summed E-state index contributed by atoms with van der Waals surface area (Å²) < 4.78 is 0. The van der Waals surface area contributed by atoms with Crippen molar-refractivity contribution in [2.45, 2.75) is 59.5 Å². The second-order valence-corrected chi connectivity index (χ2v) is 7.07. The summed E-state index contributed by atoms with van der Waals surface area (Å²) in [5.74, 6) is 0.537. The van der Waals surface area contributed by atoms with Crippen molar-refractivity contribution in [3.05, 3.63) is 16.1 Å². The molecule has 0 aliphatic heterocycles. The fourth-order valence-electron chi connectivity index (χ4n) is 2.06. The Morgan fingerprint density at radius 2 is 1.95 bits per heavy atom. The van der Waals surface area contributed by atoms with E-state index in [4.69, 9.17) is 0 Å². The first kappa shape index (κ1) is 18.6. The van der Waals surface area contributed by atoms with Crippen LogP contribution in [0, 0.1) is 5.92 Å². The predicted octanol–water partition coefficient (Wildman–Crippen LogP) is 3.41. The van der Waals surface area contributed by atoms with Gasteiger partial charge >= 0.3 is 6.03 Å². The smallest absolute Gasteiger partial charge is 0.318 e. The topological polar surface area (TPSA) is 62.3 Å². The van der Waals surface area contributed by atoms with Gasteiger partial charge in [0.05, 0.1) is 23.3 Å². The molecule has 0 bridgehead atoms. The number of rotatable bonds is 7. The third-order valence-electron chi connectivity index (χ3n) is 3.45. The number of carbonyl (C=O) groups is 2. The summed E-state index contributed by atoms with van der Waals surface area (Å²) in [6, 6.07) is -0.666. The van der Waals surface area contributed by atoms with Gasteiger partial charge in [-0.25, -0.2) is 9.78 Å². The molecule has 1 atom stereocenters. The lowest BCUT2D eigenvalue weighted by Gasteiger charge is -2.24. The van der Waals surface area contributed by atoms with Gasteiger partial charge in [-0.1, -0.05) is 34.6 Å². The molecule has 1 unspecified atom stereocenters. The van der Waals surface area contributed by atoms with Crippen molar-refractivity contribution >= 4 is 23.2 Å². The highest BCUT2D eigenvalue weighted by Gasteiger charge is 2.24. The minimum absolute atomic E-state index is 0.0625. The maximum atomic E-state index is 12.3. The van der Waals surface area contributed by atoms with Crippen LogP contribution in [0.4, 0.5) is 4.79 Å². The van der Waals surface area contributed by atoms with Crippen molar-refractivity contribution in [1.82, 2.24) is 15.2 Å². The van der Waals surface area contributed by atoms with Crippen LogP contribution >= 0.6 is 11.3 Å². The zero-order valence-corrected chi connectivity index (χ0v) is 15.2. The average molecular weight is 325 g/mol. The summed E-state index contributed by atoms with van der Waals surface area (Å²) in [5.41, 5.74) is 0.884. The molecule has 5 nitrogen and oxygen atoms in total. The van der Waals surface area contributed by atoms with Crippen LogP contribution in [0.2, 0.25) is 0 Å². The van der Waals surface area contributed by atoms with Crippen LogP contribution in [0.25, 0.3) is 0 Å². The first-order valence-electron chi connectivity index (χ1n) is 7.74. The molecule has 0 saturated carbocycles. The van der Waals surface area contributed by atoms with E-state index in [1.165, 1.54) is 0 Å². The lowest BCUT2D eigenvalue weighted by atomic mass is 9.98. The number of amides is 2. The summed E-state index contributed by atoms with van der Waals surface area (Å²) in [7, 11) is 1.72. The van der Waals surface area contributed by atoms with Crippen LogP contribution in [0.3, 0.4) is 0 Å². The maximum absolute atomic E-state index is 12.3. The number of carbonyl (C=O) groups excluding carboxylic acids is 2. The Hall–Kier alpha value is -1.43. The third-order valence-corrected chi connectivity index (χ3v) is 4.64. The lowest BCUT2D eigenvalue weighted by molar-refractivity contribution is -0.121. The van der Waals surface area contributed by atoms with Crippen molar-refractivity contribution in [2.24, 2.45) is 5.92 Å². The first-order valence-corrected chi connectivity index (χ1v) is 8.62. The Bertz CT molecular complexity index is 511. The van der Waals surface area contributed by atoms with E-state index in [9.17, 15) is 9.59 Å². The van der Waals surface area contributed by atoms with Gasteiger partial charge in [0, 0.05) is 24.8 Å². The number of Topliss-reactive ketones (excluding diaryl/α,β-unsaturated/α-hetero) is 1. The highest BCUT2D eigenvalue weighted by Crippen LogP contribution is 2.19. The molecule has 0 radical (unpaired) electrons. The van der Waals surface area contributed by atoms with Gasteiger partial charge in [-0.3, -0.25) is 4.79 Å². The Morgan fingerprint density at radius 1 is 1.32 bits per heavy atom. The summed E-state index contributed by atoms with van der Waals surface area (Å²) >= 11 is 1.62. The highest BCUT2D eigenvalue weighted by atomic mass is 32.1. The van der Waals surface area contributed by atoms with Gasteiger partial charge in [-0.2, -0.15) is 0 Å². The number of urea groups is 1. The number of nitrogens with zero attached hydrogens (tertiary/aromatic N) is 2. The van der Waals surface area contributed by atoms with Gasteiger partial charge in [0.25, 0.3) is 0 Å². The number of aromatic nitrogens is 1. The molecule has 0 aliphatic rings. The molecule has 0 fully saturated rings. The van der Waals surface area contributed by atoms with Crippen LogP contribution in [0.5, 0.6) is 0 Å². The Kier molecular flexibility index (Phi) is 7.00. The highest BCUT2D eigenvalue weighted by molar-refractivity contribution is 7.09. The van der Waals surface area contributed by atoms with E-state index in [2.05, 4.69) is 24.1 Å². The Labute approximate surface area is 137 Å². The maximum Gasteiger partial charge on any atom is 0.318 e. The van der Waals surface area contributed by atoms with Crippen LogP contribution in [0.1, 0.15) is 57.7 Å². The minimum atomic E-state index is -0.429. The molecule has 0 aromatic carbocycles. The number of nitrogens with one attached hydrogen (secondary N) is 1. The fourth-order valence-corrected chi connectivity index (χ4v) is 2.88. The average Bonchev–Trinajstić information content (AvgIpc) is 2.91. The van der Waals surface area contributed by atoms with Gasteiger partial charge in [-0.05, 0) is 5.92 Å². The second kappa shape index (κ2) is 8.27. The van der Waals surface area contributed by atoms with Crippen LogP contribution in [0.15, 0.2) is 5.38 Å². The minimum Gasteiger partial charge on any atom is -0.328 e. The van der Waals surface area contributed by atoms with E-state index in [1.54, 1.807) is 23.3 Å². The Balaban J connectivity index is 2.65. The number of thiazole rings is 1. The van der Waals surface area contributed by atoms with Gasteiger partial charge in [0.15, 0.2) is 5.78 Å². The van der Waals surface area contributed by atoms with Crippen molar-refractivity contribution < 1.29 is 9.59 Å². The monoisotopic (exact) mass is 325 g/mol.